The summed E-state index contributed by atoms with van der Waals surface area (Å²) < 4.78 is 22.9. The minimum absolute atomic E-state index is 0.0210. The van der Waals surface area contributed by atoms with Crippen LogP contribution < -0.4 is 15.4 Å². The Kier molecular flexibility index (Phi) is 8.51. The summed E-state index contributed by atoms with van der Waals surface area (Å²) in [5.74, 6) is 0.150. The number of nitrogens with zero attached hydrogens (tertiary/aromatic N) is 3. The lowest BCUT2D eigenvalue weighted by atomic mass is 9.79. The number of rotatable bonds is 5. The molecule has 7 rings (SSSR count). The van der Waals surface area contributed by atoms with Crippen molar-refractivity contribution in [2.75, 3.05) is 57.3 Å². The van der Waals surface area contributed by atoms with Gasteiger partial charge < -0.3 is 34.5 Å². The van der Waals surface area contributed by atoms with Gasteiger partial charge in [-0.15, -0.1) is 0 Å². The highest BCUT2D eigenvalue weighted by molar-refractivity contribution is 6.06. The Morgan fingerprint density at radius 1 is 1.02 bits per heavy atom. The molecule has 4 amide bonds. The van der Waals surface area contributed by atoms with E-state index in [-0.39, 0.29) is 45.4 Å². The van der Waals surface area contributed by atoms with Gasteiger partial charge in [0.25, 0.3) is 5.91 Å². The fourth-order valence-corrected chi connectivity index (χ4v) is 7.47. The van der Waals surface area contributed by atoms with Crippen LogP contribution in [0.2, 0.25) is 0 Å². The van der Waals surface area contributed by atoms with Crippen molar-refractivity contribution < 1.29 is 38.1 Å². The summed E-state index contributed by atoms with van der Waals surface area (Å²) in [6, 6.07) is 15.9. The zero-order valence-electron chi connectivity index (χ0n) is 28.6. The highest BCUT2D eigenvalue weighted by atomic mass is 16.6. The molecule has 13 nitrogen and oxygen atoms in total. The van der Waals surface area contributed by atoms with E-state index >= 15 is 0 Å². The number of piperazine rings is 1. The van der Waals surface area contributed by atoms with Gasteiger partial charge in [0.1, 0.15) is 23.7 Å². The van der Waals surface area contributed by atoms with Crippen LogP contribution in [0.1, 0.15) is 49.1 Å². The zero-order chi connectivity index (χ0) is 35.3. The Balaban J connectivity index is 1.17. The lowest BCUT2D eigenvalue weighted by molar-refractivity contribution is -0.165. The first-order chi connectivity index (χ1) is 23.9. The topological polar surface area (TPSA) is 149 Å². The maximum atomic E-state index is 14.8. The first-order valence-electron chi connectivity index (χ1n) is 16.7. The van der Waals surface area contributed by atoms with Crippen molar-refractivity contribution in [1.82, 2.24) is 14.8 Å². The Bertz CT molecular complexity index is 1850. The summed E-state index contributed by atoms with van der Waals surface area (Å²) in [7, 11) is 1.55. The van der Waals surface area contributed by atoms with E-state index in [0.717, 1.165) is 16.7 Å². The molecule has 1 aliphatic carbocycles. The molecule has 1 unspecified atom stereocenters. The molecule has 3 aromatic rings. The number of amides is 4. The normalized spacial score (nSPS) is 22.5. The van der Waals surface area contributed by atoms with E-state index in [1.807, 2.05) is 36.4 Å². The number of hydrogen-bond acceptors (Lipinski definition) is 9. The predicted octanol–water partition coefficient (Wildman–Crippen LogP) is 3.62. The quantitative estimate of drug-likeness (QED) is 0.412. The van der Waals surface area contributed by atoms with Crippen LogP contribution in [-0.2, 0) is 46.9 Å². The van der Waals surface area contributed by atoms with Crippen LogP contribution in [0.25, 0.3) is 0 Å². The number of pyridine rings is 1. The van der Waals surface area contributed by atoms with Crippen molar-refractivity contribution >= 4 is 35.3 Å². The number of carbonyl (C=O) groups excluding carboxylic acids is 4. The summed E-state index contributed by atoms with van der Waals surface area (Å²) in [6.45, 7) is 5.26. The van der Waals surface area contributed by atoms with Crippen molar-refractivity contribution in [3.8, 4) is 5.75 Å². The molecule has 13 heteroatoms. The molecule has 4 aliphatic rings. The van der Waals surface area contributed by atoms with Crippen molar-refractivity contribution in [3.63, 3.8) is 0 Å². The number of benzene rings is 2. The molecule has 262 valence electrons. The number of nitrogens with one attached hydrogen (secondary N) is 2. The molecule has 2 saturated heterocycles. The van der Waals surface area contributed by atoms with Gasteiger partial charge in [-0.2, -0.15) is 0 Å². The Labute approximate surface area is 290 Å². The third kappa shape index (κ3) is 5.94. The van der Waals surface area contributed by atoms with Gasteiger partial charge in [-0.1, -0.05) is 24.3 Å². The smallest absolute Gasteiger partial charge is 0.411 e. The molecule has 0 radical (unpaired) electrons. The largest absolute Gasteiger partial charge is 0.497 e. The second-order valence-electron chi connectivity index (χ2n) is 14.3. The summed E-state index contributed by atoms with van der Waals surface area (Å²) in [6.07, 6.45) is 1.99. The number of fused-ring (bicyclic) bond motifs is 3. The monoisotopic (exact) mass is 683 g/mol. The van der Waals surface area contributed by atoms with Crippen LogP contribution in [0.3, 0.4) is 0 Å². The first-order valence-corrected chi connectivity index (χ1v) is 16.7. The SMILES string of the molecule is COc1cccc(C2CN(C(=O)OC(C)(C)C)C3(COCCOC3)C(=O)N2CC(=O)Nc2ccc3c(c2)C[C@@]2(C3)C(=O)Nc3ncccc32)c1. The molecule has 0 bridgehead atoms. The van der Waals surface area contributed by atoms with E-state index in [9.17, 15) is 19.2 Å². The minimum atomic E-state index is -1.55. The fraction of sp³-hybridized carbons (Fsp3) is 0.432. The van der Waals surface area contributed by atoms with Crippen molar-refractivity contribution in [1.29, 1.82) is 0 Å². The maximum absolute atomic E-state index is 14.8. The number of ether oxygens (including phenoxy) is 4. The van der Waals surface area contributed by atoms with Crippen molar-refractivity contribution in [2.45, 2.75) is 56.2 Å². The molecule has 3 aliphatic heterocycles. The maximum Gasteiger partial charge on any atom is 0.411 e. The highest BCUT2D eigenvalue weighted by Crippen LogP contribution is 2.47. The average Bonchev–Trinajstić information content (AvgIpc) is 3.47. The van der Waals surface area contributed by atoms with Gasteiger partial charge in [0.15, 0.2) is 5.54 Å². The summed E-state index contributed by atoms with van der Waals surface area (Å²) in [4.78, 5) is 62.8. The van der Waals surface area contributed by atoms with Crippen LogP contribution in [0.15, 0.2) is 60.8 Å². The average molecular weight is 684 g/mol. The van der Waals surface area contributed by atoms with Gasteiger partial charge in [-0.3, -0.25) is 19.3 Å². The number of aromatic nitrogens is 1. The molecular formula is C37H41N5O8. The summed E-state index contributed by atoms with van der Waals surface area (Å²) >= 11 is 0. The lowest BCUT2D eigenvalue weighted by Crippen LogP contribution is -2.72. The summed E-state index contributed by atoms with van der Waals surface area (Å²) in [5.41, 5.74) is 0.961. The first kappa shape index (κ1) is 33.5. The number of carbonyl (C=O) groups is 4. The molecule has 2 fully saturated rings. The van der Waals surface area contributed by atoms with E-state index in [2.05, 4.69) is 15.6 Å². The van der Waals surface area contributed by atoms with Gasteiger partial charge in [0.2, 0.25) is 11.8 Å². The third-order valence-corrected chi connectivity index (χ3v) is 9.83. The molecule has 4 heterocycles. The minimum Gasteiger partial charge on any atom is -0.497 e. The fourth-order valence-electron chi connectivity index (χ4n) is 7.47. The predicted molar refractivity (Wildman–Crippen MR) is 182 cm³/mol. The van der Waals surface area contributed by atoms with Crippen LogP contribution >= 0.6 is 0 Å². The Morgan fingerprint density at radius 2 is 1.78 bits per heavy atom. The van der Waals surface area contributed by atoms with Crippen LogP contribution in [0, 0.1) is 0 Å². The van der Waals surface area contributed by atoms with E-state index in [1.165, 1.54) is 9.80 Å². The molecule has 2 N–H and O–H groups in total. The molecule has 0 saturated carbocycles. The van der Waals surface area contributed by atoms with Crippen LogP contribution in [0.4, 0.5) is 16.3 Å². The highest BCUT2D eigenvalue weighted by Gasteiger charge is 2.57. The number of hydrogen-bond donors (Lipinski definition) is 2. The van der Waals surface area contributed by atoms with E-state index in [0.29, 0.717) is 35.7 Å². The second-order valence-corrected chi connectivity index (χ2v) is 14.3. The molecule has 1 aromatic heterocycles. The number of anilines is 2. The van der Waals surface area contributed by atoms with Gasteiger partial charge in [-0.25, -0.2) is 9.78 Å². The molecule has 50 heavy (non-hydrogen) atoms. The third-order valence-electron chi connectivity index (χ3n) is 9.83. The van der Waals surface area contributed by atoms with Gasteiger partial charge >= 0.3 is 6.09 Å². The van der Waals surface area contributed by atoms with E-state index in [4.69, 9.17) is 18.9 Å². The molecule has 2 atom stereocenters. The van der Waals surface area contributed by atoms with Crippen molar-refractivity contribution in [3.05, 3.63) is 83.0 Å². The molecule has 2 aromatic carbocycles. The summed E-state index contributed by atoms with van der Waals surface area (Å²) in [5, 5.41) is 5.89. The van der Waals surface area contributed by atoms with Gasteiger partial charge in [0, 0.05) is 24.0 Å². The van der Waals surface area contributed by atoms with E-state index < -0.39 is 40.5 Å². The van der Waals surface area contributed by atoms with Crippen molar-refractivity contribution in [2.24, 2.45) is 0 Å². The second kappa shape index (κ2) is 12.7. The van der Waals surface area contributed by atoms with Crippen LogP contribution in [0.5, 0.6) is 5.75 Å². The Morgan fingerprint density at radius 3 is 2.52 bits per heavy atom. The van der Waals surface area contributed by atoms with Gasteiger partial charge in [-0.05, 0) is 80.6 Å². The van der Waals surface area contributed by atoms with E-state index in [1.54, 1.807) is 52.3 Å². The lowest BCUT2D eigenvalue weighted by Gasteiger charge is -2.51. The van der Waals surface area contributed by atoms with Gasteiger partial charge in [0.05, 0.1) is 45.0 Å². The van der Waals surface area contributed by atoms with Crippen LogP contribution in [-0.4, -0.2) is 96.4 Å². The number of methoxy groups -OCH3 is 1. The zero-order valence-corrected chi connectivity index (χ0v) is 28.6. The standard InChI is InChI=1S/C37H41N5O8/c1-35(2,3)50-34(46)42-19-29(23-7-5-8-27(16-23)47-4)41(33(45)37(42)21-48-13-14-49-22-37)20-30(43)39-26-11-10-24-17-36(18-25(24)15-26)28-9-6-12-38-31(28)40-32(36)44/h5-12,15-16,29H,13-14,17-22H2,1-4H3,(H,39,43)(H,38,40,44)/t29?,36-/m1/s1. The molecular weight excluding hydrogens is 642 g/mol. The molecule has 2 spiro atoms. The Hall–Kier alpha value is -5.01.